The molecular formula is C12H16BrN3. The van der Waals surface area contributed by atoms with Crippen molar-refractivity contribution in [2.45, 2.75) is 20.8 Å². The van der Waals surface area contributed by atoms with E-state index in [1.807, 2.05) is 17.0 Å². The van der Waals surface area contributed by atoms with Crippen LogP contribution in [0.4, 0.5) is 0 Å². The number of halogens is 1. The van der Waals surface area contributed by atoms with Crippen LogP contribution in [0.5, 0.6) is 0 Å². The van der Waals surface area contributed by atoms with Gasteiger partial charge in [-0.1, -0.05) is 26.0 Å². The molecule has 0 aliphatic rings. The maximum atomic E-state index is 4.40. The molecule has 4 heteroatoms. The lowest BCUT2D eigenvalue weighted by atomic mass is 10.1. The Morgan fingerprint density at radius 2 is 2.31 bits per heavy atom. The summed E-state index contributed by atoms with van der Waals surface area (Å²) in [4.78, 5) is 8.47. The third-order valence-electron chi connectivity index (χ3n) is 2.34. The fourth-order valence-electron chi connectivity index (χ4n) is 0.986. The van der Waals surface area contributed by atoms with Crippen LogP contribution in [0, 0.1) is 5.92 Å². The number of hydrogen-bond donors (Lipinski definition) is 0. The lowest BCUT2D eigenvalue weighted by Gasteiger charge is -2.04. The number of hydrogen-bond acceptors (Lipinski definition) is 2. The molecule has 0 unspecified atom stereocenters. The van der Waals surface area contributed by atoms with Gasteiger partial charge in [0.2, 0.25) is 0 Å². The highest BCUT2D eigenvalue weighted by Crippen LogP contribution is 2.10. The van der Waals surface area contributed by atoms with Crippen molar-refractivity contribution in [3.63, 3.8) is 0 Å². The van der Waals surface area contributed by atoms with E-state index in [4.69, 9.17) is 0 Å². The minimum atomic E-state index is 0.501. The summed E-state index contributed by atoms with van der Waals surface area (Å²) in [6, 6.07) is 0. The molecule has 0 bridgehead atoms. The van der Waals surface area contributed by atoms with Gasteiger partial charge in [0, 0.05) is 18.6 Å². The molecule has 1 heterocycles. The highest BCUT2D eigenvalue weighted by molar-refractivity contribution is 9.10. The molecule has 0 atom stereocenters. The van der Waals surface area contributed by atoms with E-state index in [0.717, 1.165) is 10.6 Å². The summed E-state index contributed by atoms with van der Waals surface area (Å²) in [5.41, 5.74) is 1.23. The van der Waals surface area contributed by atoms with Gasteiger partial charge in [0.25, 0.3) is 0 Å². The Morgan fingerprint density at radius 3 is 2.75 bits per heavy atom. The van der Waals surface area contributed by atoms with Crippen molar-refractivity contribution < 1.29 is 0 Å². The first-order valence-corrected chi connectivity index (χ1v) is 5.91. The number of aliphatic imine (C=N–C) groups is 1. The van der Waals surface area contributed by atoms with E-state index < -0.39 is 0 Å². The van der Waals surface area contributed by atoms with Crippen molar-refractivity contribution in [1.29, 1.82) is 0 Å². The maximum Gasteiger partial charge on any atom is 0.182 e. The number of imidazole rings is 1. The van der Waals surface area contributed by atoms with Gasteiger partial charge in [-0.25, -0.2) is 9.98 Å². The van der Waals surface area contributed by atoms with Gasteiger partial charge in [-0.15, -0.1) is 0 Å². The molecule has 0 N–H and O–H groups in total. The van der Waals surface area contributed by atoms with Crippen molar-refractivity contribution in [3.05, 3.63) is 41.6 Å². The first kappa shape index (κ1) is 12.9. The minimum Gasteiger partial charge on any atom is -0.278 e. The summed E-state index contributed by atoms with van der Waals surface area (Å²) in [5, 5.41) is 0. The van der Waals surface area contributed by atoms with Crippen molar-refractivity contribution in [2.24, 2.45) is 10.9 Å². The molecule has 16 heavy (non-hydrogen) atoms. The van der Waals surface area contributed by atoms with Gasteiger partial charge in [-0.3, -0.25) is 4.57 Å². The molecule has 0 aromatic carbocycles. The Labute approximate surface area is 105 Å². The maximum absolute atomic E-state index is 4.40. The van der Waals surface area contributed by atoms with E-state index in [1.165, 1.54) is 5.57 Å². The molecule has 1 rings (SSSR count). The van der Waals surface area contributed by atoms with E-state index in [1.54, 1.807) is 12.3 Å². The largest absolute Gasteiger partial charge is 0.278 e. The van der Waals surface area contributed by atoms with E-state index in [-0.39, 0.29) is 0 Å². The van der Waals surface area contributed by atoms with E-state index in [2.05, 4.69) is 53.3 Å². The smallest absolute Gasteiger partial charge is 0.182 e. The third-order valence-corrected chi connectivity index (χ3v) is 2.92. The van der Waals surface area contributed by atoms with Crippen LogP contribution >= 0.6 is 15.9 Å². The van der Waals surface area contributed by atoms with Crippen LogP contribution in [0.3, 0.4) is 0 Å². The van der Waals surface area contributed by atoms with Gasteiger partial charge in [0.1, 0.15) is 5.84 Å². The summed E-state index contributed by atoms with van der Waals surface area (Å²) in [6.45, 7) is 10.1. The zero-order chi connectivity index (χ0) is 12.1. The van der Waals surface area contributed by atoms with Gasteiger partial charge < -0.3 is 0 Å². The first-order valence-electron chi connectivity index (χ1n) is 5.12. The zero-order valence-corrected chi connectivity index (χ0v) is 11.4. The SMILES string of the molecule is C=CC(=N/C=C(\C)C(C)C)n1ccnc1Br. The van der Waals surface area contributed by atoms with Gasteiger partial charge in [-0.2, -0.15) is 0 Å². The first-order chi connectivity index (χ1) is 7.56. The number of nitrogens with zero attached hydrogens (tertiary/aromatic N) is 3. The van der Waals surface area contributed by atoms with Gasteiger partial charge in [0.05, 0.1) is 0 Å². The van der Waals surface area contributed by atoms with Crippen LogP contribution in [0.2, 0.25) is 0 Å². The summed E-state index contributed by atoms with van der Waals surface area (Å²) < 4.78 is 2.55. The second kappa shape index (κ2) is 5.80. The lowest BCUT2D eigenvalue weighted by molar-refractivity contribution is 0.766. The highest BCUT2D eigenvalue weighted by Gasteiger charge is 2.02. The predicted octanol–water partition coefficient (Wildman–Crippen LogP) is 3.64. The van der Waals surface area contributed by atoms with Gasteiger partial charge in [0.15, 0.2) is 4.73 Å². The van der Waals surface area contributed by atoms with Crippen LogP contribution < -0.4 is 0 Å². The molecule has 1 aromatic heterocycles. The average Bonchev–Trinajstić information content (AvgIpc) is 2.65. The van der Waals surface area contributed by atoms with Gasteiger partial charge in [-0.05, 0) is 34.8 Å². The topological polar surface area (TPSA) is 30.2 Å². The van der Waals surface area contributed by atoms with Crippen molar-refractivity contribution >= 4 is 21.8 Å². The predicted molar refractivity (Wildman–Crippen MR) is 71.6 cm³/mol. The van der Waals surface area contributed by atoms with E-state index in [0.29, 0.717) is 5.92 Å². The van der Waals surface area contributed by atoms with E-state index in [9.17, 15) is 0 Å². The van der Waals surface area contributed by atoms with Crippen LogP contribution in [-0.2, 0) is 0 Å². The van der Waals surface area contributed by atoms with Crippen LogP contribution in [0.1, 0.15) is 20.8 Å². The number of aromatic nitrogens is 2. The molecule has 0 saturated heterocycles. The average molecular weight is 282 g/mol. The Balaban J connectivity index is 3.00. The molecule has 0 aliphatic heterocycles. The lowest BCUT2D eigenvalue weighted by Crippen LogP contribution is -2.07. The Bertz CT molecular complexity index is 427. The minimum absolute atomic E-state index is 0.501. The molecule has 0 radical (unpaired) electrons. The van der Waals surface area contributed by atoms with E-state index >= 15 is 0 Å². The fourth-order valence-corrected chi connectivity index (χ4v) is 1.40. The highest BCUT2D eigenvalue weighted by atomic mass is 79.9. The monoisotopic (exact) mass is 281 g/mol. The molecule has 0 amide bonds. The summed E-state index contributed by atoms with van der Waals surface area (Å²) in [7, 11) is 0. The van der Waals surface area contributed by atoms with Crippen LogP contribution in [-0.4, -0.2) is 15.4 Å². The van der Waals surface area contributed by atoms with Crippen molar-refractivity contribution in [1.82, 2.24) is 9.55 Å². The standard InChI is InChI=1S/C12H16BrN3/c1-5-11(15-8-10(4)9(2)3)16-7-6-14-12(16)13/h5-9H,1H2,2-4H3/b10-8+,15-11?. The fraction of sp³-hybridized carbons (Fsp3) is 0.333. The summed E-state index contributed by atoms with van der Waals surface area (Å²) in [5.74, 6) is 1.26. The van der Waals surface area contributed by atoms with Crippen LogP contribution in [0.25, 0.3) is 0 Å². The number of allylic oxidation sites excluding steroid dienone is 2. The Hall–Kier alpha value is -1.16. The summed E-state index contributed by atoms with van der Waals surface area (Å²) in [6.07, 6.45) is 7.12. The molecule has 86 valence electrons. The van der Waals surface area contributed by atoms with Crippen molar-refractivity contribution in [3.8, 4) is 0 Å². The second-order valence-electron chi connectivity index (χ2n) is 3.79. The number of rotatable bonds is 3. The molecule has 0 fully saturated rings. The zero-order valence-electron chi connectivity index (χ0n) is 9.81. The second-order valence-corrected chi connectivity index (χ2v) is 4.49. The van der Waals surface area contributed by atoms with Gasteiger partial charge >= 0.3 is 0 Å². The molecular weight excluding hydrogens is 266 g/mol. The molecule has 0 saturated carbocycles. The van der Waals surface area contributed by atoms with Crippen molar-refractivity contribution in [2.75, 3.05) is 0 Å². The Kier molecular flexibility index (Phi) is 4.68. The molecule has 3 nitrogen and oxygen atoms in total. The molecule has 0 spiro atoms. The molecule has 1 aromatic rings. The molecule has 0 aliphatic carbocycles. The quantitative estimate of drug-likeness (QED) is 0.615. The third kappa shape index (κ3) is 3.17. The Morgan fingerprint density at radius 1 is 1.62 bits per heavy atom. The summed E-state index contributed by atoms with van der Waals surface area (Å²) >= 11 is 3.35. The van der Waals surface area contributed by atoms with Crippen LogP contribution in [0.15, 0.2) is 46.5 Å². The normalized spacial score (nSPS) is 13.3.